The molecule has 34 heavy (non-hydrogen) atoms. The van der Waals surface area contributed by atoms with Crippen molar-refractivity contribution in [1.29, 1.82) is 0 Å². The van der Waals surface area contributed by atoms with Crippen molar-refractivity contribution in [3.05, 3.63) is 65.0 Å². The van der Waals surface area contributed by atoms with E-state index in [9.17, 15) is 4.21 Å². The van der Waals surface area contributed by atoms with Gasteiger partial charge in [-0.15, -0.1) is 0 Å². The van der Waals surface area contributed by atoms with Crippen molar-refractivity contribution in [3.63, 3.8) is 0 Å². The van der Waals surface area contributed by atoms with Crippen LogP contribution in [0.3, 0.4) is 0 Å². The van der Waals surface area contributed by atoms with Gasteiger partial charge >= 0.3 is 0 Å². The van der Waals surface area contributed by atoms with Gasteiger partial charge in [0.2, 0.25) is 5.88 Å². The van der Waals surface area contributed by atoms with Gasteiger partial charge in [0.1, 0.15) is 18.1 Å². The Morgan fingerprint density at radius 1 is 1.18 bits per heavy atom. The van der Waals surface area contributed by atoms with Gasteiger partial charge in [-0.25, -0.2) is 9.97 Å². The Hall–Kier alpha value is -3.13. The fourth-order valence-corrected chi connectivity index (χ4v) is 6.80. The Bertz CT molecular complexity index is 1250. The molecule has 1 aromatic carbocycles. The highest BCUT2D eigenvalue weighted by atomic mass is 32.2. The molecule has 3 aromatic rings. The van der Waals surface area contributed by atoms with Crippen LogP contribution in [0.5, 0.6) is 5.88 Å². The van der Waals surface area contributed by atoms with E-state index in [1.807, 2.05) is 12.4 Å². The summed E-state index contributed by atoms with van der Waals surface area (Å²) in [7, 11) is -0.733. The van der Waals surface area contributed by atoms with Crippen LogP contribution in [0.25, 0.3) is 0 Å². The van der Waals surface area contributed by atoms with Gasteiger partial charge in [-0.2, -0.15) is 0 Å². The monoisotopic (exact) mass is 475 g/mol. The summed E-state index contributed by atoms with van der Waals surface area (Å²) in [6.45, 7) is 5.36. The molecule has 3 aliphatic rings. The van der Waals surface area contributed by atoms with Crippen LogP contribution in [0.15, 0.2) is 42.7 Å². The summed E-state index contributed by atoms with van der Waals surface area (Å²) >= 11 is 0. The molecule has 7 nitrogen and oxygen atoms in total. The summed E-state index contributed by atoms with van der Waals surface area (Å²) in [5.41, 5.74) is 8.08. The number of hydrogen-bond acceptors (Lipinski definition) is 7. The molecule has 1 saturated heterocycles. The van der Waals surface area contributed by atoms with Gasteiger partial charge in [-0.1, -0.05) is 12.1 Å². The van der Waals surface area contributed by atoms with Crippen LogP contribution in [0.4, 0.5) is 22.9 Å². The van der Waals surface area contributed by atoms with Crippen molar-refractivity contribution in [2.24, 2.45) is 0 Å². The van der Waals surface area contributed by atoms with E-state index in [0.717, 1.165) is 67.5 Å². The molecule has 0 saturated carbocycles. The van der Waals surface area contributed by atoms with E-state index in [1.165, 1.54) is 22.3 Å². The number of benzene rings is 1. The topological polar surface area (TPSA) is 79.4 Å². The van der Waals surface area contributed by atoms with Crippen LogP contribution in [0.1, 0.15) is 40.3 Å². The van der Waals surface area contributed by atoms with Crippen molar-refractivity contribution in [1.82, 2.24) is 9.97 Å². The zero-order valence-corrected chi connectivity index (χ0v) is 20.2. The standard InChI is InChI=1S/C26H29N5O2S/c1-17-22(15-29-26-25(17)27-9-11-33-26)31-10-8-19-14-28-24(13-20(19)16-31)30-21-6-4-18(5-7-21)23-3-2-12-34(23)32/h4-7,13-15,23,27H,2-3,8-12,16H2,1H3,(H,28,30). The fraction of sp³-hybridized carbons (Fsp3) is 0.385. The molecule has 5 heterocycles. The lowest BCUT2D eigenvalue weighted by Gasteiger charge is -2.33. The number of rotatable bonds is 4. The lowest BCUT2D eigenvalue weighted by Crippen LogP contribution is -2.32. The maximum absolute atomic E-state index is 12.2. The highest BCUT2D eigenvalue weighted by Crippen LogP contribution is 2.37. The molecule has 176 valence electrons. The van der Waals surface area contributed by atoms with Gasteiger partial charge < -0.3 is 20.3 Å². The first-order valence-corrected chi connectivity index (χ1v) is 13.4. The first-order valence-electron chi connectivity index (χ1n) is 12.0. The van der Waals surface area contributed by atoms with Gasteiger partial charge in [-0.3, -0.25) is 4.21 Å². The van der Waals surface area contributed by atoms with E-state index in [0.29, 0.717) is 12.5 Å². The largest absolute Gasteiger partial charge is 0.474 e. The third-order valence-corrected chi connectivity index (χ3v) is 8.87. The Kier molecular flexibility index (Phi) is 5.61. The van der Waals surface area contributed by atoms with E-state index in [-0.39, 0.29) is 5.25 Å². The maximum Gasteiger partial charge on any atom is 0.237 e. The summed E-state index contributed by atoms with van der Waals surface area (Å²) in [6.07, 6.45) is 6.96. The quantitative estimate of drug-likeness (QED) is 0.576. The van der Waals surface area contributed by atoms with E-state index in [1.54, 1.807) is 0 Å². The second-order valence-corrected chi connectivity index (χ2v) is 10.9. The molecular weight excluding hydrogens is 446 g/mol. The molecular formula is C26H29N5O2S. The number of pyridine rings is 2. The molecule has 0 bridgehead atoms. The second-order valence-electron chi connectivity index (χ2n) is 9.20. The highest BCUT2D eigenvalue weighted by molar-refractivity contribution is 7.85. The van der Waals surface area contributed by atoms with Gasteiger partial charge in [-0.05, 0) is 61.1 Å². The van der Waals surface area contributed by atoms with E-state index in [4.69, 9.17) is 4.74 Å². The average molecular weight is 476 g/mol. The van der Waals surface area contributed by atoms with E-state index >= 15 is 0 Å². The molecule has 3 aliphatic heterocycles. The SMILES string of the molecule is Cc1c(N2CCc3cnc(Nc4ccc(C5CCCS5=O)cc4)cc3C2)cnc2c1NCCO2. The van der Waals surface area contributed by atoms with E-state index < -0.39 is 10.8 Å². The second kappa shape index (κ2) is 8.91. The van der Waals surface area contributed by atoms with Crippen LogP contribution in [0, 0.1) is 6.92 Å². The van der Waals surface area contributed by atoms with Gasteiger partial charge in [0.05, 0.1) is 17.1 Å². The predicted octanol–water partition coefficient (Wildman–Crippen LogP) is 4.48. The molecule has 2 atom stereocenters. The zero-order chi connectivity index (χ0) is 23.1. The molecule has 0 aliphatic carbocycles. The zero-order valence-electron chi connectivity index (χ0n) is 19.3. The Morgan fingerprint density at radius 3 is 2.88 bits per heavy atom. The number of ether oxygens (including phenoxy) is 1. The summed E-state index contributed by atoms with van der Waals surface area (Å²) in [4.78, 5) is 11.6. The van der Waals surface area contributed by atoms with Crippen LogP contribution < -0.4 is 20.3 Å². The van der Waals surface area contributed by atoms with Crippen LogP contribution in [-0.4, -0.2) is 39.6 Å². The van der Waals surface area contributed by atoms with Crippen molar-refractivity contribution in [3.8, 4) is 5.88 Å². The third-order valence-electron chi connectivity index (χ3n) is 7.04. The molecule has 0 spiro atoms. The minimum Gasteiger partial charge on any atom is -0.474 e. The van der Waals surface area contributed by atoms with E-state index in [2.05, 4.69) is 62.8 Å². The minimum atomic E-state index is -0.733. The number of nitrogens with one attached hydrogen (secondary N) is 2. The van der Waals surface area contributed by atoms with Crippen molar-refractivity contribution >= 4 is 33.7 Å². The molecule has 1 fully saturated rings. The highest BCUT2D eigenvalue weighted by Gasteiger charge is 2.25. The van der Waals surface area contributed by atoms with Gasteiger partial charge in [0.25, 0.3) is 0 Å². The molecule has 2 N–H and O–H groups in total. The Balaban J connectivity index is 1.19. The third kappa shape index (κ3) is 4.00. The van der Waals surface area contributed by atoms with Crippen molar-refractivity contribution in [2.75, 3.05) is 41.0 Å². The maximum atomic E-state index is 12.2. The summed E-state index contributed by atoms with van der Waals surface area (Å²) in [5, 5.41) is 7.07. The molecule has 8 heteroatoms. The van der Waals surface area contributed by atoms with Crippen LogP contribution in [-0.2, 0) is 23.8 Å². The lowest BCUT2D eigenvalue weighted by molar-refractivity contribution is 0.310. The predicted molar refractivity (Wildman–Crippen MR) is 137 cm³/mol. The minimum absolute atomic E-state index is 0.185. The number of hydrogen-bond donors (Lipinski definition) is 2. The fourth-order valence-electron chi connectivity index (χ4n) is 5.17. The van der Waals surface area contributed by atoms with Crippen LogP contribution in [0.2, 0.25) is 0 Å². The van der Waals surface area contributed by atoms with Gasteiger partial charge in [0.15, 0.2) is 0 Å². The van der Waals surface area contributed by atoms with Crippen molar-refractivity contribution < 1.29 is 8.95 Å². The molecule has 2 unspecified atom stereocenters. The number of nitrogens with zero attached hydrogens (tertiary/aromatic N) is 3. The number of aromatic nitrogens is 2. The summed E-state index contributed by atoms with van der Waals surface area (Å²) in [5.74, 6) is 2.37. The molecule has 6 rings (SSSR count). The number of anilines is 4. The van der Waals surface area contributed by atoms with Crippen molar-refractivity contribution in [2.45, 2.75) is 38.0 Å². The Morgan fingerprint density at radius 2 is 2.06 bits per heavy atom. The van der Waals surface area contributed by atoms with Gasteiger partial charge in [0, 0.05) is 53.6 Å². The normalized spacial score (nSPS) is 21.3. The molecule has 0 radical (unpaired) electrons. The van der Waals surface area contributed by atoms with Crippen LogP contribution >= 0.6 is 0 Å². The lowest BCUT2D eigenvalue weighted by atomic mass is 10.0. The first kappa shape index (κ1) is 21.4. The smallest absolute Gasteiger partial charge is 0.237 e. The Labute approximate surface area is 202 Å². The number of fused-ring (bicyclic) bond motifs is 2. The summed E-state index contributed by atoms with van der Waals surface area (Å²) < 4.78 is 17.9. The summed E-state index contributed by atoms with van der Waals surface area (Å²) in [6, 6.07) is 10.5. The molecule has 0 amide bonds. The molecule has 2 aromatic heterocycles. The average Bonchev–Trinajstić information content (AvgIpc) is 3.30. The first-order chi connectivity index (χ1) is 16.7.